The third kappa shape index (κ3) is 6.87. The van der Waals surface area contributed by atoms with E-state index in [4.69, 9.17) is 0 Å². The topological polar surface area (TPSA) is 32.3 Å². The lowest BCUT2D eigenvalue weighted by Crippen LogP contribution is -2.14. The lowest BCUT2D eigenvalue weighted by atomic mass is 10.2. The highest BCUT2D eigenvalue weighted by molar-refractivity contribution is 7.98. The number of aromatic hydroxyl groups is 1. The summed E-state index contributed by atoms with van der Waals surface area (Å²) < 4.78 is 13.0. The molecule has 4 heteroatoms. The molecule has 2 nitrogen and oxygen atoms in total. The van der Waals surface area contributed by atoms with Gasteiger partial charge in [0, 0.05) is 12.6 Å². The summed E-state index contributed by atoms with van der Waals surface area (Å²) in [6.45, 7) is 1.55. The summed E-state index contributed by atoms with van der Waals surface area (Å²) in [4.78, 5) is 0. The van der Waals surface area contributed by atoms with Crippen molar-refractivity contribution in [3.8, 4) is 5.75 Å². The Bertz CT molecular complexity index is 326. The summed E-state index contributed by atoms with van der Waals surface area (Å²) in [5.74, 6) is 0.850. The molecule has 0 amide bonds. The van der Waals surface area contributed by atoms with Gasteiger partial charge in [-0.05, 0) is 49.1 Å². The standard InChI is InChI=1S/C14H22FNOS/c1-18-7-5-3-2-4-6-16-11-12-8-13(15)10-14(17)9-12/h8-10,16-17H,2-7,11H2,1H3. The van der Waals surface area contributed by atoms with Gasteiger partial charge >= 0.3 is 0 Å². The zero-order valence-electron chi connectivity index (χ0n) is 10.9. The normalized spacial score (nSPS) is 10.8. The van der Waals surface area contributed by atoms with Crippen molar-refractivity contribution in [1.82, 2.24) is 5.32 Å². The number of nitrogens with one attached hydrogen (secondary N) is 1. The van der Waals surface area contributed by atoms with Crippen LogP contribution >= 0.6 is 11.8 Å². The minimum atomic E-state index is -0.385. The molecule has 0 unspecified atom stereocenters. The van der Waals surface area contributed by atoms with Gasteiger partial charge in [0.25, 0.3) is 0 Å². The van der Waals surface area contributed by atoms with E-state index in [1.807, 2.05) is 11.8 Å². The van der Waals surface area contributed by atoms with Crippen LogP contribution in [0.15, 0.2) is 18.2 Å². The molecule has 1 rings (SSSR count). The molecular formula is C14H22FNOS. The van der Waals surface area contributed by atoms with Crippen LogP contribution in [0.25, 0.3) is 0 Å². The van der Waals surface area contributed by atoms with Gasteiger partial charge < -0.3 is 10.4 Å². The molecule has 0 aromatic heterocycles. The van der Waals surface area contributed by atoms with Crippen molar-refractivity contribution in [2.45, 2.75) is 32.2 Å². The van der Waals surface area contributed by atoms with Crippen LogP contribution in [0, 0.1) is 5.82 Å². The zero-order chi connectivity index (χ0) is 13.2. The summed E-state index contributed by atoms with van der Waals surface area (Å²) in [7, 11) is 0. The SMILES string of the molecule is CSCCCCCCNCc1cc(O)cc(F)c1. The van der Waals surface area contributed by atoms with Crippen molar-refractivity contribution < 1.29 is 9.50 Å². The second kappa shape index (κ2) is 9.22. The second-order valence-electron chi connectivity index (χ2n) is 4.40. The predicted molar refractivity (Wildman–Crippen MR) is 76.6 cm³/mol. The molecule has 18 heavy (non-hydrogen) atoms. The molecule has 0 heterocycles. The number of phenols is 1. The quantitative estimate of drug-likeness (QED) is 0.674. The first-order chi connectivity index (χ1) is 8.72. The molecule has 0 saturated carbocycles. The Labute approximate surface area is 113 Å². The van der Waals surface area contributed by atoms with Crippen LogP contribution in [0.5, 0.6) is 5.75 Å². The zero-order valence-corrected chi connectivity index (χ0v) is 11.7. The highest BCUT2D eigenvalue weighted by Crippen LogP contribution is 2.14. The molecule has 0 aliphatic heterocycles. The predicted octanol–water partition coefficient (Wildman–Crippen LogP) is 3.54. The number of rotatable bonds is 9. The summed E-state index contributed by atoms with van der Waals surface area (Å²) in [6, 6.07) is 4.16. The van der Waals surface area contributed by atoms with E-state index in [0.717, 1.165) is 24.6 Å². The van der Waals surface area contributed by atoms with Crippen LogP contribution in [0.3, 0.4) is 0 Å². The van der Waals surface area contributed by atoms with Crippen LogP contribution in [-0.2, 0) is 6.54 Å². The van der Waals surface area contributed by atoms with Gasteiger partial charge in [0.15, 0.2) is 0 Å². The van der Waals surface area contributed by atoms with Gasteiger partial charge in [-0.15, -0.1) is 0 Å². The lowest BCUT2D eigenvalue weighted by Gasteiger charge is -2.06. The average molecular weight is 271 g/mol. The highest BCUT2D eigenvalue weighted by Gasteiger charge is 1.99. The molecule has 1 aromatic carbocycles. The van der Waals surface area contributed by atoms with Gasteiger partial charge in [-0.1, -0.05) is 12.8 Å². The Morgan fingerprint density at radius 1 is 1.17 bits per heavy atom. The monoisotopic (exact) mass is 271 g/mol. The van der Waals surface area contributed by atoms with Gasteiger partial charge in [0.2, 0.25) is 0 Å². The summed E-state index contributed by atoms with van der Waals surface area (Å²) >= 11 is 1.90. The third-order valence-corrected chi connectivity index (χ3v) is 3.42. The largest absolute Gasteiger partial charge is 0.508 e. The number of benzene rings is 1. The Morgan fingerprint density at radius 2 is 1.94 bits per heavy atom. The van der Waals surface area contributed by atoms with Gasteiger partial charge in [-0.25, -0.2) is 4.39 Å². The first-order valence-corrected chi connectivity index (χ1v) is 7.80. The Kier molecular flexibility index (Phi) is 7.85. The summed E-state index contributed by atoms with van der Waals surface area (Å²) in [6.07, 6.45) is 7.09. The van der Waals surface area contributed by atoms with E-state index < -0.39 is 0 Å². The van der Waals surface area contributed by atoms with Crippen molar-refractivity contribution in [3.05, 3.63) is 29.6 Å². The molecule has 0 aliphatic carbocycles. The van der Waals surface area contributed by atoms with Crippen molar-refractivity contribution >= 4 is 11.8 Å². The van der Waals surface area contributed by atoms with Crippen molar-refractivity contribution in [1.29, 1.82) is 0 Å². The summed E-state index contributed by atoms with van der Waals surface area (Å²) in [5, 5.41) is 12.5. The molecular weight excluding hydrogens is 249 g/mol. The van der Waals surface area contributed by atoms with E-state index in [0.29, 0.717) is 6.54 Å². The molecule has 1 aromatic rings. The Hall–Kier alpha value is -0.740. The summed E-state index contributed by atoms with van der Waals surface area (Å²) in [5.41, 5.74) is 0.787. The molecule has 0 fully saturated rings. The maximum absolute atomic E-state index is 13.0. The number of hydrogen-bond donors (Lipinski definition) is 2. The van der Waals surface area contributed by atoms with E-state index in [-0.39, 0.29) is 11.6 Å². The van der Waals surface area contributed by atoms with Crippen LogP contribution in [-0.4, -0.2) is 23.7 Å². The van der Waals surface area contributed by atoms with Crippen LogP contribution in [0.2, 0.25) is 0 Å². The lowest BCUT2D eigenvalue weighted by molar-refractivity contribution is 0.467. The highest BCUT2D eigenvalue weighted by atomic mass is 32.2. The number of phenolic OH excluding ortho intramolecular Hbond substituents is 1. The van der Waals surface area contributed by atoms with Gasteiger partial charge in [-0.3, -0.25) is 0 Å². The van der Waals surface area contributed by atoms with E-state index in [2.05, 4.69) is 11.6 Å². The molecule has 0 saturated heterocycles. The fraction of sp³-hybridized carbons (Fsp3) is 0.571. The number of hydrogen-bond acceptors (Lipinski definition) is 3. The average Bonchev–Trinajstić information content (AvgIpc) is 2.31. The van der Waals surface area contributed by atoms with Crippen molar-refractivity contribution in [2.24, 2.45) is 0 Å². The maximum Gasteiger partial charge on any atom is 0.127 e. The minimum Gasteiger partial charge on any atom is -0.508 e. The van der Waals surface area contributed by atoms with E-state index >= 15 is 0 Å². The van der Waals surface area contributed by atoms with Gasteiger partial charge in [-0.2, -0.15) is 11.8 Å². The molecule has 0 bridgehead atoms. The molecule has 102 valence electrons. The van der Waals surface area contributed by atoms with E-state index in [1.165, 1.54) is 31.1 Å². The Balaban J connectivity index is 2.07. The molecule has 0 radical (unpaired) electrons. The molecule has 2 N–H and O–H groups in total. The van der Waals surface area contributed by atoms with Crippen LogP contribution in [0.1, 0.15) is 31.2 Å². The second-order valence-corrected chi connectivity index (χ2v) is 5.39. The van der Waals surface area contributed by atoms with E-state index in [1.54, 1.807) is 6.07 Å². The smallest absolute Gasteiger partial charge is 0.127 e. The first-order valence-electron chi connectivity index (χ1n) is 6.40. The number of halogens is 1. The van der Waals surface area contributed by atoms with Crippen molar-refractivity contribution in [3.63, 3.8) is 0 Å². The van der Waals surface area contributed by atoms with E-state index in [9.17, 15) is 9.50 Å². The Morgan fingerprint density at radius 3 is 2.67 bits per heavy atom. The molecule has 0 spiro atoms. The van der Waals surface area contributed by atoms with Gasteiger partial charge in [0.05, 0.1) is 0 Å². The minimum absolute atomic E-state index is 0.0103. The number of unbranched alkanes of at least 4 members (excludes halogenated alkanes) is 3. The van der Waals surface area contributed by atoms with Gasteiger partial charge in [0.1, 0.15) is 11.6 Å². The third-order valence-electron chi connectivity index (χ3n) is 2.72. The first kappa shape index (κ1) is 15.3. The fourth-order valence-electron chi connectivity index (χ4n) is 1.82. The van der Waals surface area contributed by atoms with Crippen LogP contribution < -0.4 is 5.32 Å². The maximum atomic E-state index is 13.0. The fourth-order valence-corrected chi connectivity index (χ4v) is 2.31. The van der Waals surface area contributed by atoms with Crippen LogP contribution in [0.4, 0.5) is 4.39 Å². The number of thioether (sulfide) groups is 1. The molecule has 0 aliphatic rings. The molecule has 0 atom stereocenters. The van der Waals surface area contributed by atoms with Crippen molar-refractivity contribution in [2.75, 3.05) is 18.6 Å².